The molecule has 1 aromatic carbocycles. The van der Waals surface area contributed by atoms with Crippen LogP contribution in [0.15, 0.2) is 29.4 Å². The van der Waals surface area contributed by atoms with E-state index in [9.17, 15) is 28.2 Å². The Morgan fingerprint density at radius 2 is 1.92 bits per heavy atom. The summed E-state index contributed by atoms with van der Waals surface area (Å²) in [5.74, 6) is -1.50. The number of halogens is 3. The third kappa shape index (κ3) is 3.22. The summed E-state index contributed by atoms with van der Waals surface area (Å²) in [5.41, 5.74) is -3.31. The maximum absolute atomic E-state index is 13.5. The Balaban J connectivity index is 1.96. The quantitative estimate of drug-likeness (QED) is 0.853. The van der Waals surface area contributed by atoms with Gasteiger partial charge >= 0.3 is 6.18 Å². The molecule has 1 aliphatic carbocycles. The number of phenolic OH excluding ortho intramolecular Hbond substituents is 1. The largest absolute Gasteiger partial charge is 0.508 e. The van der Waals surface area contributed by atoms with Gasteiger partial charge in [0, 0.05) is 17.7 Å². The Morgan fingerprint density at radius 1 is 1.24 bits per heavy atom. The molecule has 0 saturated heterocycles. The molecular weight excluding hydrogens is 337 g/mol. The minimum Gasteiger partial charge on any atom is -0.508 e. The molecule has 5 nitrogen and oxygen atoms in total. The maximum atomic E-state index is 13.5. The molecule has 3 rings (SSSR count). The van der Waals surface area contributed by atoms with Gasteiger partial charge in [-0.1, -0.05) is 25.3 Å². The van der Waals surface area contributed by atoms with Crippen LogP contribution in [0.1, 0.15) is 48.9 Å². The summed E-state index contributed by atoms with van der Waals surface area (Å²) in [7, 11) is 0. The normalized spacial score (nSPS) is 25.1. The third-order valence-corrected chi connectivity index (χ3v) is 4.82. The molecule has 0 aromatic heterocycles. The predicted molar refractivity (Wildman–Crippen MR) is 83.9 cm³/mol. The number of phenols is 1. The van der Waals surface area contributed by atoms with Gasteiger partial charge in [-0.05, 0) is 37.0 Å². The van der Waals surface area contributed by atoms with Gasteiger partial charge in [-0.3, -0.25) is 4.79 Å². The number of alkyl halides is 3. The average Bonchev–Trinajstić information content (AvgIpc) is 2.94. The number of rotatable bonds is 2. The molecule has 0 radical (unpaired) electrons. The topological polar surface area (TPSA) is 73.1 Å². The summed E-state index contributed by atoms with van der Waals surface area (Å²) in [6, 6.07) is 4.96. The first-order valence-corrected chi connectivity index (χ1v) is 8.22. The zero-order valence-corrected chi connectivity index (χ0v) is 13.5. The second-order valence-corrected chi connectivity index (χ2v) is 6.58. The zero-order chi connectivity index (χ0) is 18.2. The Kier molecular flexibility index (Phi) is 4.49. The molecule has 136 valence electrons. The van der Waals surface area contributed by atoms with Crippen molar-refractivity contribution in [2.45, 2.75) is 50.4 Å². The molecule has 1 aromatic rings. The van der Waals surface area contributed by atoms with Gasteiger partial charge in [0.25, 0.3) is 11.6 Å². The Hall–Kier alpha value is -2.09. The van der Waals surface area contributed by atoms with Crippen LogP contribution in [0, 0.1) is 5.92 Å². The Labute approximate surface area is 142 Å². The molecule has 0 bridgehead atoms. The van der Waals surface area contributed by atoms with Gasteiger partial charge in [-0.2, -0.15) is 23.3 Å². The molecule has 1 heterocycles. The van der Waals surface area contributed by atoms with Crippen LogP contribution >= 0.6 is 0 Å². The molecule has 1 fully saturated rings. The van der Waals surface area contributed by atoms with E-state index in [1.54, 1.807) is 0 Å². The van der Waals surface area contributed by atoms with Gasteiger partial charge in [0.1, 0.15) is 5.75 Å². The molecule has 1 aliphatic heterocycles. The number of carbonyl (C=O) groups is 1. The molecule has 2 aliphatic rings. The van der Waals surface area contributed by atoms with Crippen molar-refractivity contribution in [1.82, 2.24) is 5.01 Å². The highest BCUT2D eigenvalue weighted by Crippen LogP contribution is 2.43. The lowest BCUT2D eigenvalue weighted by atomic mass is 9.83. The fourth-order valence-electron chi connectivity index (χ4n) is 3.43. The number of nitrogens with zero attached hydrogens (tertiary/aromatic N) is 2. The molecule has 1 amide bonds. The van der Waals surface area contributed by atoms with Gasteiger partial charge in [-0.15, -0.1) is 0 Å². The smallest absolute Gasteiger partial charge is 0.438 e. The van der Waals surface area contributed by atoms with Crippen LogP contribution in [0.5, 0.6) is 5.75 Å². The summed E-state index contributed by atoms with van der Waals surface area (Å²) in [4.78, 5) is 12.5. The second kappa shape index (κ2) is 6.33. The number of hydrogen-bond donors (Lipinski definition) is 2. The van der Waals surface area contributed by atoms with E-state index < -0.39 is 24.2 Å². The monoisotopic (exact) mass is 356 g/mol. The molecule has 2 N–H and O–H groups in total. The molecular formula is C17H19F3N2O3. The first-order valence-electron chi connectivity index (χ1n) is 8.22. The van der Waals surface area contributed by atoms with Crippen molar-refractivity contribution in [3.8, 4) is 5.75 Å². The lowest BCUT2D eigenvalue weighted by molar-refractivity contribution is -0.297. The van der Waals surface area contributed by atoms with Gasteiger partial charge in [0.2, 0.25) is 0 Å². The van der Waals surface area contributed by atoms with Crippen LogP contribution in [0.25, 0.3) is 0 Å². The maximum Gasteiger partial charge on any atom is 0.438 e. The lowest BCUT2D eigenvalue weighted by Crippen LogP contribution is -2.56. The van der Waals surface area contributed by atoms with Crippen LogP contribution in [-0.4, -0.2) is 38.7 Å². The van der Waals surface area contributed by atoms with E-state index in [-0.39, 0.29) is 28.0 Å². The molecule has 1 atom stereocenters. The second-order valence-electron chi connectivity index (χ2n) is 6.58. The van der Waals surface area contributed by atoms with Crippen molar-refractivity contribution < 1.29 is 28.2 Å². The summed E-state index contributed by atoms with van der Waals surface area (Å²) in [5, 5.41) is 23.8. The van der Waals surface area contributed by atoms with Crippen molar-refractivity contribution >= 4 is 11.6 Å². The van der Waals surface area contributed by atoms with Crippen LogP contribution in [0.4, 0.5) is 13.2 Å². The summed E-state index contributed by atoms with van der Waals surface area (Å²) in [6.07, 6.45) is -1.53. The number of amides is 1. The summed E-state index contributed by atoms with van der Waals surface area (Å²) in [6.45, 7) is 0. The highest BCUT2D eigenvalue weighted by atomic mass is 19.4. The van der Waals surface area contributed by atoms with Crippen molar-refractivity contribution in [2.75, 3.05) is 0 Å². The number of hydrazone groups is 1. The van der Waals surface area contributed by atoms with E-state index in [1.807, 2.05) is 0 Å². The number of aliphatic hydroxyl groups is 1. The van der Waals surface area contributed by atoms with Crippen molar-refractivity contribution in [2.24, 2.45) is 11.0 Å². The average molecular weight is 356 g/mol. The number of hydrogen-bond acceptors (Lipinski definition) is 4. The Bertz CT molecular complexity index is 699. The fourth-order valence-corrected chi connectivity index (χ4v) is 3.43. The third-order valence-electron chi connectivity index (χ3n) is 4.82. The van der Waals surface area contributed by atoms with Crippen LogP contribution in [0.3, 0.4) is 0 Å². The molecule has 1 saturated carbocycles. The SMILES string of the molecule is O=C(c1cccc(O)c1)N1N=C(C2CCCCC2)C[C@]1(O)C(F)(F)F. The molecule has 0 unspecified atom stereocenters. The van der Waals surface area contributed by atoms with E-state index in [0.717, 1.165) is 25.3 Å². The van der Waals surface area contributed by atoms with Crippen molar-refractivity contribution in [1.29, 1.82) is 0 Å². The fraction of sp³-hybridized carbons (Fsp3) is 0.529. The van der Waals surface area contributed by atoms with Gasteiger partial charge in [0.15, 0.2) is 0 Å². The van der Waals surface area contributed by atoms with Gasteiger partial charge in [-0.25, -0.2) is 0 Å². The van der Waals surface area contributed by atoms with Crippen LogP contribution in [-0.2, 0) is 0 Å². The van der Waals surface area contributed by atoms with E-state index in [4.69, 9.17) is 0 Å². The van der Waals surface area contributed by atoms with Crippen molar-refractivity contribution in [3.05, 3.63) is 29.8 Å². The van der Waals surface area contributed by atoms with Crippen LogP contribution in [0.2, 0.25) is 0 Å². The highest BCUT2D eigenvalue weighted by molar-refractivity contribution is 5.99. The first kappa shape index (κ1) is 17.7. The summed E-state index contributed by atoms with van der Waals surface area (Å²) >= 11 is 0. The highest BCUT2D eigenvalue weighted by Gasteiger charge is 2.63. The van der Waals surface area contributed by atoms with E-state index >= 15 is 0 Å². The number of carbonyl (C=O) groups excluding carboxylic acids is 1. The van der Waals surface area contributed by atoms with Crippen molar-refractivity contribution in [3.63, 3.8) is 0 Å². The van der Waals surface area contributed by atoms with E-state index in [0.29, 0.717) is 12.8 Å². The minimum absolute atomic E-state index is 0.131. The van der Waals surface area contributed by atoms with E-state index in [1.165, 1.54) is 18.2 Å². The van der Waals surface area contributed by atoms with Crippen LogP contribution < -0.4 is 0 Å². The first-order chi connectivity index (χ1) is 11.7. The molecule has 0 spiro atoms. The van der Waals surface area contributed by atoms with E-state index in [2.05, 4.69) is 5.10 Å². The predicted octanol–water partition coefficient (Wildman–Crippen LogP) is 3.43. The number of aromatic hydroxyl groups is 1. The van der Waals surface area contributed by atoms with Gasteiger partial charge < -0.3 is 10.2 Å². The molecule has 8 heteroatoms. The minimum atomic E-state index is -5.04. The number of benzene rings is 1. The zero-order valence-electron chi connectivity index (χ0n) is 13.5. The summed E-state index contributed by atoms with van der Waals surface area (Å²) < 4.78 is 40.6. The lowest BCUT2D eigenvalue weighted by Gasteiger charge is -2.32. The Morgan fingerprint density at radius 3 is 2.52 bits per heavy atom. The van der Waals surface area contributed by atoms with Gasteiger partial charge in [0.05, 0.1) is 0 Å². The molecule has 25 heavy (non-hydrogen) atoms. The standard InChI is InChI=1S/C17H19F3N2O3/c18-17(19,20)16(25)10-14(11-5-2-1-3-6-11)21-22(16)15(24)12-7-4-8-13(23)9-12/h4,7-9,11,23,25H,1-3,5-6,10H2/t16-/m0/s1.